The second-order valence-corrected chi connectivity index (χ2v) is 6.21. The fourth-order valence-electron chi connectivity index (χ4n) is 2.89. The van der Waals surface area contributed by atoms with Crippen LogP contribution in [0, 0.1) is 17.8 Å². The molecule has 0 amide bonds. The van der Waals surface area contributed by atoms with Crippen LogP contribution in [0.4, 0.5) is 0 Å². The Balaban J connectivity index is 1.90. The van der Waals surface area contributed by atoms with Gasteiger partial charge in [0, 0.05) is 0 Å². The molecule has 1 N–H and O–H groups in total. The second kappa shape index (κ2) is 8.11. The standard InChI is InChI=1S/C15H31N/c1-13(2)6-5-10-16-11-9-15-8-4-7-14(3)12-15/h13-16H,4-12H2,1-3H3. The Morgan fingerprint density at radius 3 is 2.69 bits per heavy atom. The summed E-state index contributed by atoms with van der Waals surface area (Å²) in [5.41, 5.74) is 0. The summed E-state index contributed by atoms with van der Waals surface area (Å²) in [5.74, 6) is 2.86. The van der Waals surface area contributed by atoms with Gasteiger partial charge in [-0.2, -0.15) is 0 Å². The van der Waals surface area contributed by atoms with E-state index < -0.39 is 0 Å². The fraction of sp³-hybridized carbons (Fsp3) is 1.00. The van der Waals surface area contributed by atoms with E-state index in [4.69, 9.17) is 0 Å². The van der Waals surface area contributed by atoms with E-state index in [2.05, 4.69) is 26.1 Å². The average molecular weight is 225 g/mol. The summed E-state index contributed by atoms with van der Waals surface area (Å²) in [7, 11) is 0. The molecular weight excluding hydrogens is 194 g/mol. The number of hydrogen-bond acceptors (Lipinski definition) is 1. The minimum Gasteiger partial charge on any atom is -0.317 e. The van der Waals surface area contributed by atoms with Crippen LogP contribution in [0.3, 0.4) is 0 Å². The summed E-state index contributed by atoms with van der Waals surface area (Å²) in [6.45, 7) is 9.50. The van der Waals surface area contributed by atoms with Gasteiger partial charge in [0.2, 0.25) is 0 Å². The SMILES string of the molecule is CC(C)CCCNCCC1CCCC(C)C1. The molecule has 1 saturated carbocycles. The fourth-order valence-corrected chi connectivity index (χ4v) is 2.89. The molecule has 16 heavy (non-hydrogen) atoms. The smallest absolute Gasteiger partial charge is 0.00463 e. The molecule has 1 aliphatic carbocycles. The van der Waals surface area contributed by atoms with Crippen LogP contribution < -0.4 is 5.32 Å². The molecular formula is C15H31N. The van der Waals surface area contributed by atoms with Crippen molar-refractivity contribution in [2.75, 3.05) is 13.1 Å². The first kappa shape index (κ1) is 14.0. The quantitative estimate of drug-likeness (QED) is 0.639. The Bertz CT molecular complexity index is 165. The summed E-state index contributed by atoms with van der Waals surface area (Å²) < 4.78 is 0. The average Bonchev–Trinajstić information content (AvgIpc) is 2.23. The first-order valence-corrected chi connectivity index (χ1v) is 7.39. The molecule has 0 heterocycles. The molecule has 1 aliphatic rings. The van der Waals surface area contributed by atoms with E-state index in [1.165, 1.54) is 58.0 Å². The van der Waals surface area contributed by atoms with Crippen molar-refractivity contribution in [3.05, 3.63) is 0 Å². The Labute approximate surface area is 102 Å². The molecule has 2 unspecified atom stereocenters. The van der Waals surface area contributed by atoms with Crippen molar-refractivity contribution in [3.8, 4) is 0 Å². The maximum absolute atomic E-state index is 3.60. The van der Waals surface area contributed by atoms with Gasteiger partial charge in [-0.3, -0.25) is 0 Å². The molecule has 1 heteroatoms. The van der Waals surface area contributed by atoms with Gasteiger partial charge in [0.25, 0.3) is 0 Å². The topological polar surface area (TPSA) is 12.0 Å². The van der Waals surface area contributed by atoms with Crippen molar-refractivity contribution < 1.29 is 0 Å². The van der Waals surface area contributed by atoms with Gasteiger partial charge >= 0.3 is 0 Å². The Morgan fingerprint density at radius 2 is 2.00 bits per heavy atom. The Morgan fingerprint density at radius 1 is 1.19 bits per heavy atom. The Hall–Kier alpha value is -0.0400. The van der Waals surface area contributed by atoms with Crippen molar-refractivity contribution in [2.24, 2.45) is 17.8 Å². The lowest BCUT2D eigenvalue weighted by Crippen LogP contribution is -2.22. The van der Waals surface area contributed by atoms with Gasteiger partial charge in [0.1, 0.15) is 0 Å². The molecule has 0 aromatic heterocycles. The minimum absolute atomic E-state index is 0.862. The van der Waals surface area contributed by atoms with Crippen LogP contribution in [0.25, 0.3) is 0 Å². The van der Waals surface area contributed by atoms with Crippen molar-refractivity contribution in [2.45, 2.75) is 65.7 Å². The highest BCUT2D eigenvalue weighted by Gasteiger charge is 2.17. The zero-order valence-corrected chi connectivity index (χ0v) is 11.6. The minimum atomic E-state index is 0.862. The molecule has 2 atom stereocenters. The predicted octanol–water partition coefficient (Wildman–Crippen LogP) is 4.23. The highest BCUT2D eigenvalue weighted by Crippen LogP contribution is 2.30. The van der Waals surface area contributed by atoms with Crippen LogP contribution in [-0.4, -0.2) is 13.1 Å². The van der Waals surface area contributed by atoms with E-state index in [0.29, 0.717) is 0 Å². The van der Waals surface area contributed by atoms with Crippen molar-refractivity contribution in [1.29, 1.82) is 0 Å². The van der Waals surface area contributed by atoms with E-state index in [1.54, 1.807) is 0 Å². The molecule has 0 radical (unpaired) electrons. The summed E-state index contributed by atoms with van der Waals surface area (Å²) >= 11 is 0. The van der Waals surface area contributed by atoms with Gasteiger partial charge in [-0.1, -0.05) is 40.0 Å². The van der Waals surface area contributed by atoms with E-state index in [9.17, 15) is 0 Å². The van der Waals surface area contributed by atoms with E-state index >= 15 is 0 Å². The highest BCUT2D eigenvalue weighted by atomic mass is 14.8. The number of hydrogen-bond donors (Lipinski definition) is 1. The van der Waals surface area contributed by atoms with E-state index in [0.717, 1.165) is 17.8 Å². The lowest BCUT2D eigenvalue weighted by molar-refractivity contribution is 0.267. The third kappa shape index (κ3) is 6.52. The summed E-state index contributed by atoms with van der Waals surface area (Å²) in [5, 5.41) is 3.60. The molecule has 96 valence electrons. The number of nitrogens with one attached hydrogen (secondary N) is 1. The summed E-state index contributed by atoms with van der Waals surface area (Å²) in [6.07, 6.45) is 10.0. The molecule has 1 fully saturated rings. The molecule has 0 aliphatic heterocycles. The second-order valence-electron chi connectivity index (χ2n) is 6.21. The molecule has 0 aromatic rings. The van der Waals surface area contributed by atoms with Crippen LogP contribution in [-0.2, 0) is 0 Å². The molecule has 0 bridgehead atoms. The first-order chi connectivity index (χ1) is 7.68. The van der Waals surface area contributed by atoms with Gasteiger partial charge in [-0.15, -0.1) is 0 Å². The summed E-state index contributed by atoms with van der Waals surface area (Å²) in [4.78, 5) is 0. The van der Waals surface area contributed by atoms with Crippen LogP contribution >= 0.6 is 0 Å². The van der Waals surface area contributed by atoms with Crippen molar-refractivity contribution in [1.82, 2.24) is 5.32 Å². The van der Waals surface area contributed by atoms with Gasteiger partial charge < -0.3 is 5.32 Å². The third-order valence-corrected chi connectivity index (χ3v) is 3.91. The van der Waals surface area contributed by atoms with Gasteiger partial charge in [-0.05, 0) is 56.5 Å². The largest absolute Gasteiger partial charge is 0.317 e. The van der Waals surface area contributed by atoms with Crippen LogP contribution in [0.2, 0.25) is 0 Å². The molecule has 0 aromatic carbocycles. The van der Waals surface area contributed by atoms with Crippen LogP contribution in [0.5, 0.6) is 0 Å². The monoisotopic (exact) mass is 225 g/mol. The van der Waals surface area contributed by atoms with Crippen LogP contribution in [0.1, 0.15) is 65.7 Å². The van der Waals surface area contributed by atoms with E-state index in [1.807, 2.05) is 0 Å². The zero-order chi connectivity index (χ0) is 11.8. The maximum atomic E-state index is 3.60. The van der Waals surface area contributed by atoms with Crippen molar-refractivity contribution in [3.63, 3.8) is 0 Å². The van der Waals surface area contributed by atoms with Crippen molar-refractivity contribution >= 4 is 0 Å². The highest BCUT2D eigenvalue weighted by molar-refractivity contribution is 4.71. The van der Waals surface area contributed by atoms with Gasteiger partial charge in [0.05, 0.1) is 0 Å². The molecule has 1 rings (SSSR count). The molecule has 0 spiro atoms. The zero-order valence-electron chi connectivity index (χ0n) is 11.6. The Kier molecular flexibility index (Phi) is 7.11. The summed E-state index contributed by atoms with van der Waals surface area (Å²) in [6, 6.07) is 0. The first-order valence-electron chi connectivity index (χ1n) is 7.39. The third-order valence-electron chi connectivity index (χ3n) is 3.91. The molecule has 1 nitrogen and oxygen atoms in total. The number of rotatable bonds is 7. The van der Waals surface area contributed by atoms with Crippen LogP contribution in [0.15, 0.2) is 0 Å². The lowest BCUT2D eigenvalue weighted by atomic mass is 9.81. The van der Waals surface area contributed by atoms with Gasteiger partial charge in [0.15, 0.2) is 0 Å². The lowest BCUT2D eigenvalue weighted by Gasteiger charge is -2.26. The maximum Gasteiger partial charge on any atom is -0.00463 e. The van der Waals surface area contributed by atoms with E-state index in [-0.39, 0.29) is 0 Å². The normalized spacial score (nSPS) is 26.2. The predicted molar refractivity (Wildman–Crippen MR) is 72.7 cm³/mol. The van der Waals surface area contributed by atoms with Gasteiger partial charge in [-0.25, -0.2) is 0 Å². The molecule has 0 saturated heterocycles.